The maximum absolute atomic E-state index is 12.9. The number of aromatic amines is 1. The number of nitriles is 1. The molecular weight excluding hydrogens is 457 g/mol. The number of nitrogens with zero attached hydrogens (tertiary/aromatic N) is 4. The van der Waals surface area contributed by atoms with Crippen molar-refractivity contribution in [1.29, 1.82) is 5.26 Å². The number of fused-ring (bicyclic) bond motifs is 1. The van der Waals surface area contributed by atoms with Gasteiger partial charge < -0.3 is 10.3 Å². The number of anilines is 1. The maximum atomic E-state index is 12.9. The van der Waals surface area contributed by atoms with E-state index in [1.54, 1.807) is 12.3 Å². The van der Waals surface area contributed by atoms with Gasteiger partial charge in [-0.05, 0) is 18.9 Å². The first-order valence-electron chi connectivity index (χ1n) is 10.5. The van der Waals surface area contributed by atoms with Crippen molar-refractivity contribution >= 4 is 34.4 Å². The van der Waals surface area contributed by atoms with Gasteiger partial charge in [0.15, 0.2) is 5.78 Å². The Morgan fingerprint density at radius 3 is 2.70 bits per heavy atom. The monoisotopic (exact) mass is 476 g/mol. The van der Waals surface area contributed by atoms with Crippen molar-refractivity contribution in [2.24, 2.45) is 0 Å². The van der Waals surface area contributed by atoms with Crippen molar-refractivity contribution in [1.82, 2.24) is 19.9 Å². The van der Waals surface area contributed by atoms with Crippen LogP contribution < -0.4 is 5.32 Å². The quantitative estimate of drug-likeness (QED) is 0.481. The molecule has 0 bridgehead atoms. The average Bonchev–Trinajstić information content (AvgIpc) is 3.20. The van der Waals surface area contributed by atoms with Gasteiger partial charge in [-0.15, -0.1) is 0 Å². The van der Waals surface area contributed by atoms with E-state index in [9.17, 15) is 23.2 Å². The molecule has 0 atom stereocenters. The number of Topliss-reactive ketones (excluding diaryl/α,β-unsaturated/α-hetero) is 1. The van der Waals surface area contributed by atoms with Gasteiger partial charge in [-0.1, -0.05) is 30.9 Å². The van der Waals surface area contributed by atoms with E-state index in [0.29, 0.717) is 53.0 Å². The summed E-state index contributed by atoms with van der Waals surface area (Å²) >= 11 is 6.08. The lowest BCUT2D eigenvalue weighted by Crippen LogP contribution is -2.48. The number of carbonyl (C=O) groups is 1. The van der Waals surface area contributed by atoms with E-state index >= 15 is 0 Å². The van der Waals surface area contributed by atoms with Gasteiger partial charge in [0.25, 0.3) is 0 Å². The zero-order valence-corrected chi connectivity index (χ0v) is 18.2. The van der Waals surface area contributed by atoms with Crippen molar-refractivity contribution in [3.63, 3.8) is 0 Å². The zero-order valence-electron chi connectivity index (χ0n) is 17.5. The minimum Gasteiger partial charge on any atom is -0.345 e. The van der Waals surface area contributed by atoms with Crippen molar-refractivity contribution in [2.45, 2.75) is 56.7 Å². The molecular formula is C22H20ClF3N6O. The molecule has 0 radical (unpaired) electrons. The summed E-state index contributed by atoms with van der Waals surface area (Å²) in [7, 11) is 0. The Morgan fingerprint density at radius 1 is 1.24 bits per heavy atom. The summed E-state index contributed by atoms with van der Waals surface area (Å²) in [6, 6.07) is 3.74. The smallest absolute Gasteiger partial charge is 0.345 e. The van der Waals surface area contributed by atoms with Crippen LogP contribution in [0.1, 0.15) is 50.5 Å². The minimum atomic E-state index is -4.41. The molecule has 11 heteroatoms. The largest absolute Gasteiger partial charge is 0.389 e. The molecule has 1 aliphatic carbocycles. The van der Waals surface area contributed by atoms with E-state index < -0.39 is 30.3 Å². The van der Waals surface area contributed by atoms with Crippen molar-refractivity contribution in [3.05, 3.63) is 35.2 Å². The van der Waals surface area contributed by atoms with E-state index in [1.165, 1.54) is 12.4 Å². The molecule has 0 amide bonds. The first kappa shape index (κ1) is 23.0. The summed E-state index contributed by atoms with van der Waals surface area (Å²) in [4.78, 5) is 28.8. The van der Waals surface area contributed by atoms with E-state index in [1.807, 2.05) is 0 Å². The molecule has 3 heterocycles. The SMILES string of the molecule is N#Cc1cnc(NC2(C(=O)CCC(F)(F)F)CCCCC2)nc1-c1c[nH]c2ncc(Cl)cc12. The fourth-order valence-corrected chi connectivity index (χ4v) is 4.40. The second kappa shape index (κ2) is 8.98. The molecule has 0 aromatic carbocycles. The van der Waals surface area contributed by atoms with Crippen LogP contribution in [0.3, 0.4) is 0 Å². The molecule has 0 saturated heterocycles. The van der Waals surface area contributed by atoms with Crippen LogP contribution in [-0.4, -0.2) is 37.4 Å². The molecule has 33 heavy (non-hydrogen) atoms. The Hall–Kier alpha value is -3.19. The predicted molar refractivity (Wildman–Crippen MR) is 117 cm³/mol. The van der Waals surface area contributed by atoms with Gasteiger partial charge in [0, 0.05) is 29.8 Å². The number of carbonyl (C=O) groups excluding carboxylic acids is 1. The second-order valence-electron chi connectivity index (χ2n) is 8.13. The number of rotatable bonds is 6. The highest BCUT2D eigenvalue weighted by molar-refractivity contribution is 6.31. The number of pyridine rings is 1. The van der Waals surface area contributed by atoms with Gasteiger partial charge in [-0.25, -0.2) is 15.0 Å². The first-order valence-corrected chi connectivity index (χ1v) is 10.9. The fraction of sp³-hybridized carbons (Fsp3) is 0.409. The molecule has 1 aliphatic rings. The summed E-state index contributed by atoms with van der Waals surface area (Å²) in [5.74, 6) is -0.423. The van der Waals surface area contributed by atoms with Crippen LogP contribution in [0, 0.1) is 11.3 Å². The Balaban J connectivity index is 1.70. The molecule has 0 aliphatic heterocycles. The maximum Gasteiger partial charge on any atom is 0.389 e. The summed E-state index contributed by atoms with van der Waals surface area (Å²) in [5.41, 5.74) is 0.460. The Bertz CT molecular complexity index is 1230. The van der Waals surface area contributed by atoms with Crippen molar-refractivity contribution in [2.75, 3.05) is 5.32 Å². The van der Waals surface area contributed by atoms with E-state index in [-0.39, 0.29) is 11.5 Å². The molecule has 3 aromatic heterocycles. The third-order valence-corrected chi connectivity index (χ3v) is 6.10. The van der Waals surface area contributed by atoms with Gasteiger partial charge in [-0.3, -0.25) is 4.79 Å². The van der Waals surface area contributed by atoms with Crippen LogP contribution in [0.15, 0.2) is 24.7 Å². The van der Waals surface area contributed by atoms with E-state index in [4.69, 9.17) is 11.6 Å². The topological polar surface area (TPSA) is 107 Å². The normalized spacial score (nSPS) is 15.8. The highest BCUT2D eigenvalue weighted by Crippen LogP contribution is 2.36. The van der Waals surface area contributed by atoms with Crippen LogP contribution in [0.25, 0.3) is 22.3 Å². The number of aromatic nitrogens is 4. The van der Waals surface area contributed by atoms with Crippen LogP contribution in [-0.2, 0) is 4.79 Å². The average molecular weight is 477 g/mol. The van der Waals surface area contributed by atoms with Crippen LogP contribution in [0.2, 0.25) is 5.02 Å². The first-order chi connectivity index (χ1) is 15.7. The van der Waals surface area contributed by atoms with Gasteiger partial charge in [0.2, 0.25) is 5.95 Å². The van der Waals surface area contributed by atoms with Gasteiger partial charge in [-0.2, -0.15) is 18.4 Å². The lowest BCUT2D eigenvalue weighted by molar-refractivity contribution is -0.145. The lowest BCUT2D eigenvalue weighted by Gasteiger charge is -2.37. The number of nitrogens with one attached hydrogen (secondary N) is 2. The number of H-pyrrole nitrogens is 1. The molecule has 7 nitrogen and oxygen atoms in total. The predicted octanol–water partition coefficient (Wildman–Crippen LogP) is 5.57. The summed E-state index contributed by atoms with van der Waals surface area (Å²) in [6.07, 6.45) is 1.40. The second-order valence-corrected chi connectivity index (χ2v) is 8.56. The number of hydrogen-bond donors (Lipinski definition) is 2. The zero-order chi connectivity index (χ0) is 23.6. The van der Waals surface area contributed by atoms with E-state index in [0.717, 1.165) is 6.42 Å². The molecule has 4 rings (SSSR count). The fourth-order valence-electron chi connectivity index (χ4n) is 4.24. The number of ketones is 1. The number of halogens is 4. The van der Waals surface area contributed by atoms with E-state index in [2.05, 4.69) is 31.3 Å². The van der Waals surface area contributed by atoms with Crippen molar-refractivity contribution < 1.29 is 18.0 Å². The van der Waals surface area contributed by atoms with Crippen LogP contribution in [0.5, 0.6) is 0 Å². The molecule has 1 saturated carbocycles. The molecule has 0 unspecified atom stereocenters. The van der Waals surface area contributed by atoms with Gasteiger partial charge in [0.05, 0.1) is 34.4 Å². The number of alkyl halides is 3. The summed E-state index contributed by atoms with van der Waals surface area (Å²) in [6.45, 7) is 0. The van der Waals surface area contributed by atoms with Crippen LogP contribution >= 0.6 is 11.6 Å². The summed E-state index contributed by atoms with van der Waals surface area (Å²) in [5, 5.41) is 13.7. The Labute approximate surface area is 192 Å². The Kier molecular flexibility index (Phi) is 6.26. The molecule has 3 aromatic rings. The molecule has 1 fully saturated rings. The highest BCUT2D eigenvalue weighted by Gasteiger charge is 2.41. The van der Waals surface area contributed by atoms with Gasteiger partial charge in [0.1, 0.15) is 11.7 Å². The minimum absolute atomic E-state index is 0.0793. The number of hydrogen-bond acceptors (Lipinski definition) is 6. The van der Waals surface area contributed by atoms with Gasteiger partial charge >= 0.3 is 6.18 Å². The Morgan fingerprint density at radius 2 is 2.00 bits per heavy atom. The third-order valence-electron chi connectivity index (χ3n) is 5.89. The third kappa shape index (κ3) is 4.93. The van der Waals surface area contributed by atoms with Crippen LogP contribution in [0.4, 0.5) is 19.1 Å². The standard InChI is InChI=1S/C22H20ClF3N6O/c23-14-8-15-16(12-29-19(15)28-11-14)18-13(9-27)10-30-20(31-18)32-21(5-2-1-3-6-21)17(33)4-7-22(24,25)26/h8,10-12H,1-7H2,(H,28,29)(H,30,31,32). The molecule has 2 N–H and O–H groups in total. The summed E-state index contributed by atoms with van der Waals surface area (Å²) < 4.78 is 38.2. The van der Waals surface area contributed by atoms with Crippen molar-refractivity contribution in [3.8, 4) is 17.3 Å². The molecule has 172 valence electrons. The lowest BCUT2D eigenvalue weighted by atomic mass is 9.77. The highest BCUT2D eigenvalue weighted by atomic mass is 35.5. The molecule has 0 spiro atoms.